The lowest BCUT2D eigenvalue weighted by Gasteiger charge is -2.30. The van der Waals surface area contributed by atoms with E-state index in [-0.39, 0.29) is 36.4 Å². The second-order valence-electron chi connectivity index (χ2n) is 9.48. The van der Waals surface area contributed by atoms with Crippen molar-refractivity contribution in [2.75, 3.05) is 18.4 Å². The number of benzene rings is 2. The van der Waals surface area contributed by atoms with Gasteiger partial charge < -0.3 is 20.8 Å². The first kappa shape index (κ1) is 27.9. The number of hydrogen-bond donors (Lipinski definition) is 4. The molecule has 0 radical (unpaired) electrons. The van der Waals surface area contributed by atoms with Gasteiger partial charge in [-0.05, 0) is 49.9 Å². The van der Waals surface area contributed by atoms with Crippen LogP contribution in [0, 0.1) is 5.92 Å². The highest BCUT2D eigenvalue weighted by molar-refractivity contribution is 7.89. The largest absolute Gasteiger partial charge is 0.465 e. The van der Waals surface area contributed by atoms with Crippen molar-refractivity contribution in [2.45, 2.75) is 57.2 Å². The van der Waals surface area contributed by atoms with E-state index in [0.717, 1.165) is 10.3 Å². The average molecular weight is 535 g/mol. The van der Waals surface area contributed by atoms with Crippen molar-refractivity contribution < 1.29 is 23.4 Å². The van der Waals surface area contributed by atoms with Gasteiger partial charge in [-0.1, -0.05) is 55.5 Å². The van der Waals surface area contributed by atoms with Crippen molar-refractivity contribution in [2.24, 2.45) is 5.92 Å². The molecule has 1 heterocycles. The first-order valence-electron chi connectivity index (χ1n) is 11.8. The number of rotatable bonds is 12. The number of thiazole rings is 1. The Morgan fingerprint density at radius 1 is 1.08 bits per heavy atom. The fourth-order valence-electron chi connectivity index (χ4n) is 3.85. The Kier molecular flexibility index (Phi) is 9.29. The van der Waals surface area contributed by atoms with Gasteiger partial charge in [0, 0.05) is 19.1 Å². The number of hydrogen-bond acceptors (Lipinski definition) is 7. The van der Waals surface area contributed by atoms with Gasteiger partial charge >= 0.3 is 6.09 Å². The second-order valence-corrected chi connectivity index (χ2v) is 12.4. The van der Waals surface area contributed by atoms with Crippen LogP contribution in [0.2, 0.25) is 0 Å². The molecule has 0 fully saturated rings. The van der Waals surface area contributed by atoms with Crippen LogP contribution in [0.3, 0.4) is 0 Å². The molecule has 2 atom stereocenters. The number of amides is 1. The zero-order valence-electron chi connectivity index (χ0n) is 20.9. The number of nitrogens with zero attached hydrogens (tertiary/aromatic N) is 2. The predicted molar refractivity (Wildman–Crippen MR) is 143 cm³/mol. The summed E-state index contributed by atoms with van der Waals surface area (Å²) in [6, 6.07) is 13.3. The maximum absolute atomic E-state index is 13.7. The Morgan fingerprint density at radius 3 is 2.39 bits per heavy atom. The van der Waals surface area contributed by atoms with Gasteiger partial charge in [0.15, 0.2) is 5.13 Å². The van der Waals surface area contributed by atoms with Gasteiger partial charge in [-0.2, -0.15) is 4.31 Å². The molecule has 9 nitrogen and oxygen atoms in total. The summed E-state index contributed by atoms with van der Waals surface area (Å²) in [7, 11) is -3.97. The van der Waals surface area contributed by atoms with Crippen molar-refractivity contribution in [1.29, 1.82) is 0 Å². The van der Waals surface area contributed by atoms with E-state index in [4.69, 9.17) is 0 Å². The van der Waals surface area contributed by atoms with Crippen LogP contribution in [-0.4, -0.2) is 65.3 Å². The van der Waals surface area contributed by atoms with Crippen LogP contribution in [0.15, 0.2) is 53.4 Å². The minimum Gasteiger partial charge on any atom is -0.465 e. The molecule has 3 rings (SSSR count). The molecule has 0 aliphatic heterocycles. The third-order valence-electron chi connectivity index (χ3n) is 5.44. The Labute approximate surface area is 216 Å². The minimum absolute atomic E-state index is 0.0130. The first-order valence-corrected chi connectivity index (χ1v) is 14.1. The molecule has 0 bridgehead atoms. The van der Waals surface area contributed by atoms with Crippen LogP contribution in [-0.2, 0) is 16.4 Å². The Hall–Kier alpha value is -2.73. The van der Waals surface area contributed by atoms with E-state index in [1.165, 1.54) is 21.7 Å². The first-order chi connectivity index (χ1) is 17.0. The molecule has 1 amide bonds. The molecular weight excluding hydrogens is 500 g/mol. The van der Waals surface area contributed by atoms with E-state index >= 15 is 0 Å². The number of fused-ring (bicyclic) bond motifs is 1. The highest BCUT2D eigenvalue weighted by Gasteiger charge is 2.31. The zero-order valence-corrected chi connectivity index (χ0v) is 22.5. The topological polar surface area (TPSA) is 132 Å². The Morgan fingerprint density at radius 2 is 1.78 bits per heavy atom. The zero-order chi connectivity index (χ0) is 26.5. The van der Waals surface area contributed by atoms with E-state index in [1.54, 1.807) is 12.1 Å². The van der Waals surface area contributed by atoms with Crippen LogP contribution in [0.25, 0.3) is 10.2 Å². The third-order valence-corrected chi connectivity index (χ3v) is 8.22. The summed E-state index contributed by atoms with van der Waals surface area (Å²) in [5.41, 5.74) is 1.53. The summed E-state index contributed by atoms with van der Waals surface area (Å²) in [6.45, 7) is 7.71. The quantitative estimate of drug-likeness (QED) is 0.276. The van der Waals surface area contributed by atoms with Gasteiger partial charge in [0.1, 0.15) is 0 Å². The lowest BCUT2D eigenvalue weighted by atomic mass is 10.0. The van der Waals surface area contributed by atoms with Gasteiger partial charge in [-0.3, -0.25) is 0 Å². The maximum atomic E-state index is 13.7. The van der Waals surface area contributed by atoms with Gasteiger partial charge in [0.05, 0.1) is 27.3 Å². The fraction of sp³-hybridized carbons (Fsp3) is 0.440. The molecular formula is C25H34N4O5S2. The summed E-state index contributed by atoms with van der Waals surface area (Å²) in [6.07, 6.45) is -2.32. The van der Waals surface area contributed by atoms with Crippen LogP contribution in [0.1, 0.15) is 33.3 Å². The molecule has 2 aromatic carbocycles. The van der Waals surface area contributed by atoms with Gasteiger partial charge in [-0.25, -0.2) is 18.2 Å². The van der Waals surface area contributed by atoms with Gasteiger partial charge in [0.25, 0.3) is 0 Å². The molecule has 1 aromatic heterocycles. The van der Waals surface area contributed by atoms with E-state index in [2.05, 4.69) is 15.6 Å². The fourth-order valence-corrected chi connectivity index (χ4v) is 6.62. The third kappa shape index (κ3) is 7.39. The van der Waals surface area contributed by atoms with E-state index in [9.17, 15) is 23.4 Å². The molecule has 0 saturated heterocycles. The molecule has 4 N–H and O–H groups in total. The molecule has 36 heavy (non-hydrogen) atoms. The molecule has 1 unspecified atom stereocenters. The molecule has 0 aliphatic carbocycles. The van der Waals surface area contributed by atoms with Crippen molar-refractivity contribution >= 4 is 42.8 Å². The molecule has 0 saturated carbocycles. The number of aliphatic hydroxyl groups excluding tert-OH is 1. The highest BCUT2D eigenvalue weighted by atomic mass is 32.2. The SMILES string of the molecule is CC(C)CN(C[C@@H](O)C(Cc1ccccc1)NC(=O)O)S(=O)(=O)c1ccc2nc(NC(C)C)sc2c1. The Balaban J connectivity index is 1.88. The smallest absolute Gasteiger partial charge is 0.404 e. The molecule has 11 heteroatoms. The maximum Gasteiger partial charge on any atom is 0.404 e. The highest BCUT2D eigenvalue weighted by Crippen LogP contribution is 2.30. The lowest BCUT2D eigenvalue weighted by Crippen LogP contribution is -2.50. The van der Waals surface area contributed by atoms with Crippen LogP contribution < -0.4 is 10.6 Å². The lowest BCUT2D eigenvalue weighted by molar-refractivity contribution is 0.0980. The van der Waals surface area contributed by atoms with E-state index < -0.39 is 28.3 Å². The van der Waals surface area contributed by atoms with Crippen LogP contribution in [0.5, 0.6) is 0 Å². The van der Waals surface area contributed by atoms with Crippen LogP contribution in [0.4, 0.5) is 9.93 Å². The molecule has 0 aliphatic rings. The van der Waals surface area contributed by atoms with Crippen LogP contribution >= 0.6 is 11.3 Å². The number of nitrogens with one attached hydrogen (secondary N) is 2. The number of carboxylic acid groups (broad SMARTS) is 1. The van der Waals surface area contributed by atoms with E-state index in [0.29, 0.717) is 10.6 Å². The number of carbonyl (C=O) groups is 1. The van der Waals surface area contributed by atoms with Crippen molar-refractivity contribution in [1.82, 2.24) is 14.6 Å². The molecule has 3 aromatic rings. The normalized spacial score (nSPS) is 13.9. The Bertz CT molecular complexity index is 1260. The summed E-state index contributed by atoms with van der Waals surface area (Å²) in [5.74, 6) is -0.0130. The van der Waals surface area contributed by atoms with Crippen molar-refractivity contribution in [3.63, 3.8) is 0 Å². The number of aliphatic hydroxyl groups is 1. The number of aromatic nitrogens is 1. The average Bonchev–Trinajstić information content (AvgIpc) is 3.19. The minimum atomic E-state index is -3.97. The predicted octanol–water partition coefficient (Wildman–Crippen LogP) is 4.00. The second kappa shape index (κ2) is 12.0. The number of sulfonamides is 1. The summed E-state index contributed by atoms with van der Waals surface area (Å²) >= 11 is 1.38. The van der Waals surface area contributed by atoms with Crippen molar-refractivity contribution in [3.8, 4) is 0 Å². The van der Waals surface area contributed by atoms with Gasteiger partial charge in [0.2, 0.25) is 10.0 Å². The van der Waals surface area contributed by atoms with E-state index in [1.807, 2.05) is 58.0 Å². The summed E-state index contributed by atoms with van der Waals surface area (Å²) < 4.78 is 29.3. The van der Waals surface area contributed by atoms with Gasteiger partial charge in [-0.15, -0.1) is 0 Å². The molecule has 196 valence electrons. The number of anilines is 1. The summed E-state index contributed by atoms with van der Waals surface area (Å²) in [4.78, 5) is 16.0. The standard InChI is InChI=1S/C25H34N4O5S2/c1-16(2)14-29(15-22(30)21(28-25(31)32)12-18-8-6-5-7-9-18)36(33,34)19-10-11-20-23(13-19)35-24(27-20)26-17(3)4/h5-11,13,16-17,21-22,28,30H,12,14-15H2,1-4H3,(H,26,27)(H,31,32)/t21?,22-/m1/s1. The monoisotopic (exact) mass is 534 g/mol. The summed E-state index contributed by atoms with van der Waals surface area (Å²) in [5, 5.41) is 26.6. The molecule has 0 spiro atoms. The van der Waals surface area contributed by atoms with Crippen molar-refractivity contribution in [3.05, 3.63) is 54.1 Å².